The fourth-order valence-electron chi connectivity index (χ4n) is 3.66. The quantitative estimate of drug-likeness (QED) is 0.293. The summed E-state index contributed by atoms with van der Waals surface area (Å²) in [5.41, 5.74) is 2.99. The zero-order valence-corrected chi connectivity index (χ0v) is 22.0. The maximum atomic E-state index is 12.8. The van der Waals surface area contributed by atoms with Gasteiger partial charge in [-0.2, -0.15) is 0 Å². The van der Waals surface area contributed by atoms with Gasteiger partial charge in [0.1, 0.15) is 0 Å². The summed E-state index contributed by atoms with van der Waals surface area (Å²) >= 11 is 6.23. The molecule has 1 aromatic carbocycles. The summed E-state index contributed by atoms with van der Waals surface area (Å²) in [6.45, 7) is 8.56. The van der Waals surface area contributed by atoms with Crippen LogP contribution in [0.3, 0.4) is 0 Å². The molecule has 36 heavy (non-hydrogen) atoms. The molecule has 1 fully saturated rings. The van der Waals surface area contributed by atoms with Crippen LogP contribution in [0.2, 0.25) is 5.02 Å². The minimum absolute atomic E-state index is 0.0551. The Bertz CT molecular complexity index is 1150. The van der Waals surface area contributed by atoms with Crippen LogP contribution in [0.1, 0.15) is 88.0 Å². The van der Waals surface area contributed by atoms with E-state index in [9.17, 15) is 14.7 Å². The molecule has 0 spiro atoms. The Hall–Kier alpha value is -3.13. The van der Waals surface area contributed by atoms with E-state index in [2.05, 4.69) is 36.4 Å². The molecule has 0 saturated heterocycles. The molecule has 2 heterocycles. The van der Waals surface area contributed by atoms with Crippen molar-refractivity contribution < 1.29 is 23.7 Å². The van der Waals surface area contributed by atoms with Crippen LogP contribution in [0, 0.1) is 12.8 Å². The second-order valence-electron chi connectivity index (χ2n) is 9.63. The molecule has 3 aromatic rings. The third-order valence-corrected chi connectivity index (χ3v) is 6.46. The fourth-order valence-corrected chi connectivity index (χ4v) is 3.94. The van der Waals surface area contributed by atoms with Crippen LogP contribution in [0.5, 0.6) is 0 Å². The summed E-state index contributed by atoms with van der Waals surface area (Å²) in [5, 5.41) is 20.4. The third kappa shape index (κ3) is 7.68. The first-order valence-corrected chi connectivity index (χ1v) is 12.8. The van der Waals surface area contributed by atoms with Crippen molar-refractivity contribution in [1.29, 1.82) is 0 Å². The van der Waals surface area contributed by atoms with Crippen LogP contribution in [-0.2, 0) is 9.59 Å². The van der Waals surface area contributed by atoms with Gasteiger partial charge >= 0.3 is 5.97 Å². The number of aromatic nitrogens is 2. The molecule has 8 nitrogen and oxygen atoms in total. The maximum Gasteiger partial charge on any atom is 0.303 e. The molecule has 194 valence electrons. The van der Waals surface area contributed by atoms with Crippen molar-refractivity contribution in [2.24, 2.45) is 5.92 Å². The van der Waals surface area contributed by atoms with Crippen LogP contribution in [0.4, 0.5) is 5.69 Å². The number of halogens is 1. The topological polar surface area (TPSA) is 118 Å². The summed E-state index contributed by atoms with van der Waals surface area (Å²) in [6.07, 6.45) is 5.01. The van der Waals surface area contributed by atoms with Gasteiger partial charge in [0.15, 0.2) is 0 Å². The Morgan fingerprint density at radius 3 is 2.50 bits per heavy atom. The number of nitrogens with zero attached hydrogens (tertiary/aromatic N) is 2. The molecule has 2 aromatic heterocycles. The van der Waals surface area contributed by atoms with Crippen molar-refractivity contribution in [3.8, 4) is 11.5 Å². The first kappa shape index (κ1) is 27.5. The maximum absolute atomic E-state index is 12.8. The van der Waals surface area contributed by atoms with Crippen molar-refractivity contribution in [2.75, 3.05) is 5.32 Å². The molecule has 0 aliphatic heterocycles. The number of hydrogen-bond acceptors (Lipinski definition) is 6. The molecule has 1 saturated carbocycles. The second-order valence-corrected chi connectivity index (χ2v) is 10.0. The number of anilines is 1. The molecule has 0 unspecified atom stereocenters. The average molecular weight is 516 g/mol. The van der Waals surface area contributed by atoms with Gasteiger partial charge in [-0.15, -0.1) is 0 Å². The average Bonchev–Trinajstić information content (AvgIpc) is 3.33. The summed E-state index contributed by atoms with van der Waals surface area (Å²) in [5.74, 6) is 0.478. The summed E-state index contributed by atoms with van der Waals surface area (Å²) in [4.78, 5) is 24.0. The SMILES string of the molecule is CCC(C)C.Cc1ccc(NC(=O)C[C@H](CCC(=O)O)c2noc(-c3ccno3)c2C2CC2)c(Cl)c1. The van der Waals surface area contributed by atoms with E-state index in [0.717, 1.165) is 29.9 Å². The van der Waals surface area contributed by atoms with Crippen LogP contribution in [-0.4, -0.2) is 27.3 Å². The lowest BCUT2D eigenvalue weighted by molar-refractivity contribution is -0.137. The summed E-state index contributed by atoms with van der Waals surface area (Å²) < 4.78 is 10.8. The number of nitrogens with one attached hydrogen (secondary N) is 1. The van der Waals surface area contributed by atoms with E-state index < -0.39 is 11.9 Å². The zero-order chi connectivity index (χ0) is 26.2. The van der Waals surface area contributed by atoms with Crippen molar-refractivity contribution >= 4 is 29.2 Å². The van der Waals surface area contributed by atoms with E-state index in [-0.39, 0.29) is 31.1 Å². The van der Waals surface area contributed by atoms with Gasteiger partial charge in [-0.3, -0.25) is 9.59 Å². The normalized spacial score (nSPS) is 13.7. The van der Waals surface area contributed by atoms with Gasteiger partial charge in [0.2, 0.25) is 17.4 Å². The standard InChI is InChI=1S/C22H22ClN3O5.C5H12/c1-12-2-6-16(15(23)10-12)25-18(27)11-14(5-7-19(28)29)21-20(13-3-4-13)22(31-26-21)17-8-9-24-30-17;1-4-5(2)3/h2,6,8-10,13-14H,3-5,7,11H2,1H3,(H,25,27)(H,28,29);5H,4H2,1-3H3/t14-;/m0./s1. The van der Waals surface area contributed by atoms with E-state index in [4.69, 9.17) is 20.6 Å². The predicted octanol–water partition coefficient (Wildman–Crippen LogP) is 7.20. The number of carbonyl (C=O) groups is 2. The molecule has 0 bridgehead atoms. The van der Waals surface area contributed by atoms with Gasteiger partial charge in [-0.05, 0) is 55.7 Å². The van der Waals surface area contributed by atoms with Gasteiger partial charge in [0.05, 0.1) is 22.6 Å². The molecule has 9 heteroatoms. The largest absolute Gasteiger partial charge is 0.481 e. The second kappa shape index (κ2) is 12.7. The van der Waals surface area contributed by atoms with Crippen molar-refractivity contribution in [2.45, 2.75) is 78.1 Å². The molecule has 2 N–H and O–H groups in total. The van der Waals surface area contributed by atoms with Crippen LogP contribution in [0.15, 0.2) is 39.5 Å². The minimum atomic E-state index is -0.932. The highest BCUT2D eigenvalue weighted by Gasteiger charge is 2.37. The van der Waals surface area contributed by atoms with Gasteiger partial charge in [0, 0.05) is 30.4 Å². The van der Waals surface area contributed by atoms with Crippen LogP contribution < -0.4 is 5.32 Å². The van der Waals surface area contributed by atoms with Crippen molar-refractivity contribution in [1.82, 2.24) is 10.3 Å². The number of carboxylic acids is 1. The highest BCUT2D eigenvalue weighted by Crippen LogP contribution is 2.48. The number of aliphatic carboxylic acids is 1. The number of aryl methyl sites for hydroxylation is 1. The van der Waals surface area contributed by atoms with Gasteiger partial charge < -0.3 is 19.5 Å². The van der Waals surface area contributed by atoms with E-state index in [0.29, 0.717) is 27.9 Å². The monoisotopic (exact) mass is 515 g/mol. The summed E-state index contributed by atoms with van der Waals surface area (Å²) in [6, 6.07) is 7.06. The molecule has 1 aliphatic carbocycles. The number of amides is 1. The van der Waals surface area contributed by atoms with Gasteiger partial charge in [-0.1, -0.05) is 55.2 Å². The molecular weight excluding hydrogens is 482 g/mol. The number of carboxylic acid groups (broad SMARTS) is 1. The Morgan fingerprint density at radius 1 is 1.22 bits per heavy atom. The molecule has 1 aliphatic rings. The zero-order valence-electron chi connectivity index (χ0n) is 21.2. The van der Waals surface area contributed by atoms with Crippen LogP contribution in [0.25, 0.3) is 11.5 Å². The number of carbonyl (C=O) groups excluding carboxylic acids is 1. The van der Waals surface area contributed by atoms with E-state index >= 15 is 0 Å². The Labute approximate surface area is 216 Å². The van der Waals surface area contributed by atoms with Crippen LogP contribution >= 0.6 is 11.6 Å². The Kier molecular flexibility index (Phi) is 9.70. The molecule has 1 amide bonds. The number of hydrogen-bond donors (Lipinski definition) is 2. The van der Waals surface area contributed by atoms with E-state index in [1.165, 1.54) is 12.6 Å². The summed E-state index contributed by atoms with van der Waals surface area (Å²) in [7, 11) is 0. The molecule has 0 radical (unpaired) electrons. The highest BCUT2D eigenvalue weighted by molar-refractivity contribution is 6.33. The van der Waals surface area contributed by atoms with Gasteiger partial charge in [-0.25, -0.2) is 0 Å². The number of rotatable bonds is 10. The smallest absolute Gasteiger partial charge is 0.303 e. The lowest BCUT2D eigenvalue weighted by Crippen LogP contribution is -2.17. The first-order chi connectivity index (χ1) is 17.2. The highest BCUT2D eigenvalue weighted by atomic mass is 35.5. The Balaban J connectivity index is 0.000000658. The third-order valence-electron chi connectivity index (χ3n) is 6.14. The van der Waals surface area contributed by atoms with Crippen molar-refractivity contribution in [3.05, 3.63) is 52.3 Å². The van der Waals surface area contributed by atoms with Gasteiger partial charge in [0.25, 0.3) is 0 Å². The first-order valence-electron chi connectivity index (χ1n) is 12.4. The Morgan fingerprint density at radius 2 is 1.94 bits per heavy atom. The molecule has 1 atom stereocenters. The van der Waals surface area contributed by atoms with E-state index in [1.807, 2.05) is 13.0 Å². The lowest BCUT2D eigenvalue weighted by Gasteiger charge is -2.16. The molecular formula is C27H34ClN3O5. The number of benzene rings is 1. The predicted molar refractivity (Wildman–Crippen MR) is 138 cm³/mol. The van der Waals surface area contributed by atoms with Crippen molar-refractivity contribution in [3.63, 3.8) is 0 Å². The minimum Gasteiger partial charge on any atom is -0.481 e. The lowest BCUT2D eigenvalue weighted by atomic mass is 9.90. The molecule has 4 rings (SSSR count). The van der Waals surface area contributed by atoms with E-state index in [1.54, 1.807) is 18.2 Å². The fraction of sp³-hybridized carbons (Fsp3) is 0.481.